The first-order chi connectivity index (χ1) is 11.6. The van der Waals surface area contributed by atoms with Gasteiger partial charge in [-0.2, -0.15) is 0 Å². The van der Waals surface area contributed by atoms with Crippen LogP contribution in [0.4, 0.5) is 0 Å². The van der Waals surface area contributed by atoms with Crippen LogP contribution in [0.1, 0.15) is 47.9 Å². The van der Waals surface area contributed by atoms with Crippen LogP contribution in [0.3, 0.4) is 0 Å². The topological polar surface area (TPSA) is 25.2 Å². The first kappa shape index (κ1) is 17.0. The molecule has 0 bridgehead atoms. The Morgan fingerprint density at radius 2 is 1.79 bits per heavy atom. The van der Waals surface area contributed by atoms with E-state index in [2.05, 4.69) is 42.4 Å². The highest BCUT2D eigenvalue weighted by molar-refractivity contribution is 5.99. The number of piperidine rings is 1. The van der Waals surface area contributed by atoms with Gasteiger partial charge in [0.1, 0.15) is 0 Å². The number of rotatable bonds is 5. The van der Waals surface area contributed by atoms with Crippen molar-refractivity contribution in [3.8, 4) is 5.69 Å². The molecule has 0 unspecified atom stereocenters. The number of ketones is 1. The third kappa shape index (κ3) is 3.46. The van der Waals surface area contributed by atoms with Crippen molar-refractivity contribution in [3.63, 3.8) is 0 Å². The van der Waals surface area contributed by atoms with Gasteiger partial charge in [0, 0.05) is 22.6 Å². The van der Waals surface area contributed by atoms with E-state index in [0.717, 1.165) is 41.6 Å². The standard InChI is InChI=1S/C21H28N2O/c1-4-18-10-12-22(13-11-18)15-21(24)20-14-16(2)23(17(20)3)19-8-6-5-7-9-19/h5-9,14,18H,4,10-13,15H2,1-3H3. The third-order valence-corrected chi connectivity index (χ3v) is 5.40. The van der Waals surface area contributed by atoms with Crippen molar-refractivity contribution in [1.82, 2.24) is 9.47 Å². The number of Topliss-reactive ketones (excluding diaryl/α,β-unsaturated/α-hetero) is 1. The van der Waals surface area contributed by atoms with Gasteiger partial charge in [-0.05, 0) is 63.9 Å². The summed E-state index contributed by atoms with van der Waals surface area (Å²) in [6.07, 6.45) is 3.72. The van der Waals surface area contributed by atoms with Crippen LogP contribution in [0.2, 0.25) is 0 Å². The molecule has 128 valence electrons. The highest BCUT2D eigenvalue weighted by Gasteiger charge is 2.22. The maximum Gasteiger partial charge on any atom is 0.178 e. The molecule has 0 amide bonds. The van der Waals surface area contributed by atoms with Crippen molar-refractivity contribution in [1.29, 1.82) is 0 Å². The van der Waals surface area contributed by atoms with Crippen LogP contribution in [0, 0.1) is 19.8 Å². The average molecular weight is 324 g/mol. The number of aryl methyl sites for hydroxylation is 1. The summed E-state index contributed by atoms with van der Waals surface area (Å²) in [4.78, 5) is 15.1. The number of carbonyl (C=O) groups excluding carboxylic acids is 1. The number of aromatic nitrogens is 1. The van der Waals surface area contributed by atoms with Crippen molar-refractivity contribution in [2.75, 3.05) is 19.6 Å². The SMILES string of the molecule is CCC1CCN(CC(=O)c2cc(C)n(-c3ccccc3)c2C)CC1. The zero-order valence-corrected chi connectivity index (χ0v) is 15.1. The highest BCUT2D eigenvalue weighted by Crippen LogP contribution is 2.23. The van der Waals surface area contributed by atoms with E-state index in [1.54, 1.807) is 0 Å². The summed E-state index contributed by atoms with van der Waals surface area (Å²) in [5, 5.41) is 0. The zero-order valence-electron chi connectivity index (χ0n) is 15.1. The van der Waals surface area contributed by atoms with E-state index in [9.17, 15) is 4.79 Å². The fraction of sp³-hybridized carbons (Fsp3) is 0.476. The molecule has 0 radical (unpaired) electrons. The Balaban J connectivity index is 1.75. The van der Waals surface area contributed by atoms with Gasteiger partial charge in [0.05, 0.1) is 6.54 Å². The van der Waals surface area contributed by atoms with Crippen molar-refractivity contribution in [2.45, 2.75) is 40.0 Å². The van der Waals surface area contributed by atoms with Gasteiger partial charge in [0.25, 0.3) is 0 Å². The Bertz CT molecular complexity index is 694. The summed E-state index contributed by atoms with van der Waals surface area (Å²) in [6, 6.07) is 12.3. The molecule has 3 rings (SSSR count). The van der Waals surface area contributed by atoms with Crippen LogP contribution in [-0.4, -0.2) is 34.9 Å². The molecule has 1 saturated heterocycles. The predicted octanol–water partition coefficient (Wildman–Crippen LogP) is 4.40. The quantitative estimate of drug-likeness (QED) is 0.762. The maximum atomic E-state index is 12.8. The van der Waals surface area contributed by atoms with E-state index in [-0.39, 0.29) is 5.78 Å². The van der Waals surface area contributed by atoms with Crippen molar-refractivity contribution in [3.05, 3.63) is 53.3 Å². The maximum absolute atomic E-state index is 12.8. The van der Waals surface area contributed by atoms with Gasteiger partial charge in [0.2, 0.25) is 0 Å². The van der Waals surface area contributed by atoms with Gasteiger partial charge in [-0.1, -0.05) is 31.5 Å². The van der Waals surface area contributed by atoms with E-state index in [1.165, 1.54) is 19.3 Å². The number of carbonyl (C=O) groups is 1. The lowest BCUT2D eigenvalue weighted by molar-refractivity contribution is 0.0894. The van der Waals surface area contributed by atoms with Crippen molar-refractivity contribution >= 4 is 5.78 Å². The van der Waals surface area contributed by atoms with Crippen LogP contribution in [0.25, 0.3) is 5.69 Å². The molecule has 1 fully saturated rings. The second-order valence-corrected chi connectivity index (χ2v) is 7.01. The molecule has 0 aliphatic carbocycles. The summed E-state index contributed by atoms with van der Waals surface area (Å²) >= 11 is 0. The minimum absolute atomic E-state index is 0.250. The van der Waals surface area contributed by atoms with Crippen molar-refractivity contribution in [2.24, 2.45) is 5.92 Å². The first-order valence-electron chi connectivity index (χ1n) is 9.10. The normalized spacial score (nSPS) is 16.5. The van der Waals surface area contributed by atoms with Gasteiger partial charge in [-0.15, -0.1) is 0 Å². The van der Waals surface area contributed by atoms with Crippen molar-refractivity contribution < 1.29 is 4.79 Å². The lowest BCUT2D eigenvalue weighted by Crippen LogP contribution is -2.37. The van der Waals surface area contributed by atoms with Crippen LogP contribution in [0.5, 0.6) is 0 Å². The molecule has 3 nitrogen and oxygen atoms in total. The van der Waals surface area contributed by atoms with Gasteiger partial charge in [0.15, 0.2) is 5.78 Å². The number of nitrogens with zero attached hydrogens (tertiary/aromatic N) is 2. The molecule has 1 aromatic heterocycles. The van der Waals surface area contributed by atoms with Crippen LogP contribution in [-0.2, 0) is 0 Å². The molecule has 1 aliphatic rings. The molecular formula is C21H28N2O. The largest absolute Gasteiger partial charge is 0.318 e. The van der Waals surface area contributed by atoms with E-state index >= 15 is 0 Å². The third-order valence-electron chi connectivity index (χ3n) is 5.40. The fourth-order valence-electron chi connectivity index (χ4n) is 3.86. The lowest BCUT2D eigenvalue weighted by Gasteiger charge is -2.30. The van der Waals surface area contributed by atoms with Crippen LogP contribution >= 0.6 is 0 Å². The van der Waals surface area contributed by atoms with Gasteiger partial charge in [-0.3, -0.25) is 9.69 Å². The molecule has 24 heavy (non-hydrogen) atoms. The number of likely N-dealkylation sites (tertiary alicyclic amines) is 1. The highest BCUT2D eigenvalue weighted by atomic mass is 16.1. The second-order valence-electron chi connectivity index (χ2n) is 7.01. The van der Waals surface area contributed by atoms with E-state index < -0.39 is 0 Å². The molecule has 3 heteroatoms. The minimum atomic E-state index is 0.250. The summed E-state index contributed by atoms with van der Waals surface area (Å²) in [5.41, 5.74) is 4.16. The Morgan fingerprint density at radius 3 is 2.42 bits per heavy atom. The summed E-state index contributed by atoms with van der Waals surface area (Å²) in [6.45, 7) is 9.06. The first-order valence-corrected chi connectivity index (χ1v) is 9.10. The van der Waals surface area contributed by atoms with Crippen LogP contribution < -0.4 is 0 Å². The van der Waals surface area contributed by atoms with Gasteiger partial charge in [-0.25, -0.2) is 0 Å². The Morgan fingerprint density at radius 1 is 1.12 bits per heavy atom. The molecule has 0 atom stereocenters. The lowest BCUT2D eigenvalue weighted by atomic mass is 9.94. The molecular weight excluding hydrogens is 296 g/mol. The van der Waals surface area contributed by atoms with Gasteiger partial charge < -0.3 is 4.57 Å². The second kappa shape index (κ2) is 7.35. The number of hydrogen-bond acceptors (Lipinski definition) is 2. The molecule has 0 N–H and O–H groups in total. The zero-order chi connectivity index (χ0) is 17.1. The Labute approximate surface area is 145 Å². The number of hydrogen-bond donors (Lipinski definition) is 0. The summed E-state index contributed by atoms with van der Waals surface area (Å²) < 4.78 is 2.18. The van der Waals surface area contributed by atoms with E-state index in [1.807, 2.05) is 24.3 Å². The molecule has 0 saturated carbocycles. The molecule has 0 spiro atoms. The van der Waals surface area contributed by atoms with Gasteiger partial charge >= 0.3 is 0 Å². The monoisotopic (exact) mass is 324 g/mol. The predicted molar refractivity (Wildman–Crippen MR) is 99.0 cm³/mol. The summed E-state index contributed by atoms with van der Waals surface area (Å²) in [5.74, 6) is 1.10. The fourth-order valence-corrected chi connectivity index (χ4v) is 3.86. The molecule has 2 aromatic rings. The summed E-state index contributed by atoms with van der Waals surface area (Å²) in [7, 11) is 0. The number of benzene rings is 1. The minimum Gasteiger partial charge on any atom is -0.318 e. The molecule has 1 aromatic carbocycles. The van der Waals surface area contributed by atoms with E-state index in [0.29, 0.717) is 6.54 Å². The van der Waals surface area contributed by atoms with E-state index in [4.69, 9.17) is 0 Å². The number of para-hydroxylation sites is 1. The average Bonchev–Trinajstić information content (AvgIpc) is 2.91. The Hall–Kier alpha value is -1.87. The molecule has 2 heterocycles. The molecule has 1 aliphatic heterocycles. The van der Waals surface area contributed by atoms with Crippen LogP contribution in [0.15, 0.2) is 36.4 Å². The smallest absolute Gasteiger partial charge is 0.178 e. The Kier molecular flexibility index (Phi) is 5.20.